The molecule has 26 heavy (non-hydrogen) atoms. The van der Waals surface area contributed by atoms with E-state index < -0.39 is 11.2 Å². The molecule has 2 N–H and O–H groups in total. The van der Waals surface area contributed by atoms with E-state index >= 15 is 0 Å². The van der Waals surface area contributed by atoms with Gasteiger partial charge in [0.25, 0.3) is 11.4 Å². The van der Waals surface area contributed by atoms with Crippen molar-refractivity contribution in [3.63, 3.8) is 0 Å². The quantitative estimate of drug-likeness (QED) is 0.698. The summed E-state index contributed by atoms with van der Waals surface area (Å²) >= 11 is 0. The number of nitrogens with zero attached hydrogens (tertiary/aromatic N) is 5. The number of rotatable bonds is 2. The van der Waals surface area contributed by atoms with Crippen molar-refractivity contribution in [3.05, 3.63) is 38.3 Å². The minimum Gasteiger partial charge on any atom is -0.332 e. The van der Waals surface area contributed by atoms with Gasteiger partial charge in [0.05, 0.1) is 10.9 Å². The summed E-state index contributed by atoms with van der Waals surface area (Å²) in [7, 11) is 3.02. The highest BCUT2D eigenvalue weighted by Crippen LogP contribution is 2.37. The van der Waals surface area contributed by atoms with E-state index in [-0.39, 0.29) is 29.5 Å². The summed E-state index contributed by atoms with van der Waals surface area (Å²) in [5.41, 5.74) is 6.25. The molecule has 1 aliphatic rings. The van der Waals surface area contributed by atoms with Gasteiger partial charge in [-0.1, -0.05) is 5.16 Å². The van der Waals surface area contributed by atoms with E-state index in [1.165, 1.54) is 11.6 Å². The van der Waals surface area contributed by atoms with Crippen molar-refractivity contribution in [1.82, 2.24) is 24.3 Å². The van der Waals surface area contributed by atoms with Crippen LogP contribution in [-0.2, 0) is 19.6 Å². The largest absolute Gasteiger partial charge is 0.332 e. The Kier molecular flexibility index (Phi) is 4.24. The first-order valence-electron chi connectivity index (χ1n) is 8.02. The van der Waals surface area contributed by atoms with Gasteiger partial charge in [-0.25, -0.2) is 9.78 Å². The second-order valence-corrected chi connectivity index (χ2v) is 6.66. The van der Waals surface area contributed by atoms with E-state index in [1.54, 1.807) is 20.0 Å². The average Bonchev–Trinajstić information content (AvgIpc) is 3.05. The molecule has 0 bridgehead atoms. The van der Waals surface area contributed by atoms with Gasteiger partial charge in [-0.2, -0.15) is 4.98 Å². The molecule has 138 valence electrons. The van der Waals surface area contributed by atoms with Gasteiger partial charge in [-0.3, -0.25) is 13.9 Å². The monoisotopic (exact) mass is 378 g/mol. The van der Waals surface area contributed by atoms with Gasteiger partial charge in [0.15, 0.2) is 5.82 Å². The second-order valence-electron chi connectivity index (χ2n) is 6.66. The summed E-state index contributed by atoms with van der Waals surface area (Å²) in [6.07, 6.45) is 2.68. The number of pyridine rings is 1. The zero-order valence-electron chi connectivity index (χ0n) is 14.6. The van der Waals surface area contributed by atoms with Crippen LogP contribution in [0.2, 0.25) is 0 Å². The van der Waals surface area contributed by atoms with Crippen LogP contribution in [0.25, 0.3) is 22.6 Å². The summed E-state index contributed by atoms with van der Waals surface area (Å²) < 4.78 is 7.73. The fourth-order valence-electron chi connectivity index (χ4n) is 3.15. The zero-order valence-corrected chi connectivity index (χ0v) is 15.5. The molecule has 0 atom stereocenters. The molecule has 0 saturated heterocycles. The molecule has 3 heterocycles. The number of hydrogen-bond acceptors (Lipinski definition) is 7. The van der Waals surface area contributed by atoms with E-state index in [1.807, 2.05) is 0 Å². The topological polar surface area (TPSA) is 122 Å². The summed E-state index contributed by atoms with van der Waals surface area (Å²) in [5, 5.41) is 4.37. The lowest BCUT2D eigenvalue weighted by Gasteiger charge is -2.34. The van der Waals surface area contributed by atoms with E-state index in [0.717, 1.165) is 23.8 Å². The lowest BCUT2D eigenvalue weighted by Crippen LogP contribution is -2.44. The maximum absolute atomic E-state index is 12.4. The normalized spacial score (nSPS) is 15.5. The van der Waals surface area contributed by atoms with Crippen LogP contribution >= 0.6 is 12.4 Å². The maximum atomic E-state index is 12.4. The molecule has 0 amide bonds. The number of hydrogen-bond donors (Lipinski definition) is 1. The van der Waals surface area contributed by atoms with Crippen molar-refractivity contribution in [2.45, 2.75) is 31.7 Å². The first-order chi connectivity index (χ1) is 11.8. The lowest BCUT2D eigenvalue weighted by molar-refractivity contribution is 0.229. The predicted molar refractivity (Wildman–Crippen MR) is 97.2 cm³/mol. The fourth-order valence-corrected chi connectivity index (χ4v) is 3.15. The molecule has 1 fully saturated rings. The Labute approximate surface area is 154 Å². The summed E-state index contributed by atoms with van der Waals surface area (Å²) in [6.45, 7) is 1.78. The standard InChI is InChI=1S/C16H18N6O3.ClH/c1-8-7-9(12-19-14(20-25-12)16(17)5-4-6-16)18-11-10(8)13(23)22(3)15(24)21(11)2;/h7H,4-6,17H2,1-3H3;1H. The van der Waals surface area contributed by atoms with Crippen LogP contribution < -0.4 is 17.0 Å². The number of aryl methyl sites for hydroxylation is 2. The van der Waals surface area contributed by atoms with Crippen LogP contribution in [0.15, 0.2) is 20.2 Å². The van der Waals surface area contributed by atoms with Gasteiger partial charge in [0, 0.05) is 14.1 Å². The van der Waals surface area contributed by atoms with Crippen molar-refractivity contribution in [2.75, 3.05) is 0 Å². The SMILES string of the molecule is Cc1cc(-c2nc(C3(N)CCC3)no2)nc2c1c(=O)n(C)c(=O)n2C.Cl. The van der Waals surface area contributed by atoms with Crippen LogP contribution in [0.3, 0.4) is 0 Å². The number of fused-ring (bicyclic) bond motifs is 1. The molecule has 0 aromatic carbocycles. The van der Waals surface area contributed by atoms with Gasteiger partial charge in [0.1, 0.15) is 11.3 Å². The van der Waals surface area contributed by atoms with Gasteiger partial charge >= 0.3 is 5.69 Å². The van der Waals surface area contributed by atoms with Crippen LogP contribution in [0, 0.1) is 6.92 Å². The molecule has 1 saturated carbocycles. The van der Waals surface area contributed by atoms with Crippen molar-refractivity contribution in [2.24, 2.45) is 19.8 Å². The van der Waals surface area contributed by atoms with Crippen molar-refractivity contribution >= 4 is 23.4 Å². The molecule has 3 aromatic rings. The zero-order chi connectivity index (χ0) is 17.9. The first kappa shape index (κ1) is 18.3. The van der Waals surface area contributed by atoms with Crippen molar-refractivity contribution in [3.8, 4) is 11.6 Å². The second kappa shape index (κ2) is 6.03. The Morgan fingerprint density at radius 3 is 2.50 bits per heavy atom. The molecule has 4 rings (SSSR count). The predicted octanol–water partition coefficient (Wildman–Crippen LogP) is 0.750. The minimum absolute atomic E-state index is 0. The van der Waals surface area contributed by atoms with Crippen LogP contribution in [-0.4, -0.2) is 24.3 Å². The molecule has 9 nitrogen and oxygen atoms in total. The van der Waals surface area contributed by atoms with Gasteiger partial charge in [-0.05, 0) is 37.8 Å². The van der Waals surface area contributed by atoms with Crippen LogP contribution in [0.5, 0.6) is 0 Å². The first-order valence-corrected chi connectivity index (χ1v) is 8.02. The molecule has 0 radical (unpaired) electrons. The third-order valence-electron chi connectivity index (χ3n) is 4.94. The number of nitrogens with two attached hydrogens (primary N) is 1. The Hall–Kier alpha value is -2.52. The van der Waals surface area contributed by atoms with E-state index in [2.05, 4.69) is 15.1 Å². The minimum atomic E-state index is -0.531. The van der Waals surface area contributed by atoms with Crippen molar-refractivity contribution in [1.29, 1.82) is 0 Å². The summed E-state index contributed by atoms with van der Waals surface area (Å²) in [5.74, 6) is 0.691. The van der Waals surface area contributed by atoms with Crippen LogP contribution in [0.4, 0.5) is 0 Å². The Morgan fingerprint density at radius 1 is 1.19 bits per heavy atom. The molecule has 3 aromatic heterocycles. The smallest absolute Gasteiger partial charge is 0.332 e. The Morgan fingerprint density at radius 2 is 1.88 bits per heavy atom. The van der Waals surface area contributed by atoms with Crippen molar-refractivity contribution < 1.29 is 4.52 Å². The number of aromatic nitrogens is 5. The van der Waals surface area contributed by atoms with Gasteiger partial charge in [0.2, 0.25) is 0 Å². The third kappa shape index (κ3) is 2.46. The Balaban J connectivity index is 0.00000196. The van der Waals surface area contributed by atoms with E-state index in [9.17, 15) is 9.59 Å². The molecule has 0 aliphatic heterocycles. The summed E-state index contributed by atoms with van der Waals surface area (Å²) in [4.78, 5) is 33.4. The Bertz CT molecular complexity index is 1130. The van der Waals surface area contributed by atoms with Crippen LogP contribution in [0.1, 0.15) is 30.7 Å². The molecular weight excluding hydrogens is 360 g/mol. The van der Waals surface area contributed by atoms with E-state index in [4.69, 9.17) is 10.3 Å². The van der Waals surface area contributed by atoms with E-state index in [0.29, 0.717) is 22.5 Å². The average molecular weight is 379 g/mol. The van der Waals surface area contributed by atoms with Gasteiger partial charge < -0.3 is 10.3 Å². The molecule has 1 aliphatic carbocycles. The highest BCUT2D eigenvalue weighted by Gasteiger charge is 2.39. The molecule has 0 unspecified atom stereocenters. The highest BCUT2D eigenvalue weighted by molar-refractivity contribution is 5.85. The maximum Gasteiger partial charge on any atom is 0.332 e. The van der Waals surface area contributed by atoms with Gasteiger partial charge in [-0.15, -0.1) is 12.4 Å². The highest BCUT2D eigenvalue weighted by atomic mass is 35.5. The molecule has 0 spiro atoms. The molecular formula is C16H19ClN6O3. The third-order valence-corrected chi connectivity index (χ3v) is 4.94. The number of halogens is 1. The fraction of sp³-hybridized carbons (Fsp3) is 0.438. The molecule has 10 heteroatoms. The summed E-state index contributed by atoms with van der Waals surface area (Å²) in [6, 6.07) is 1.70. The lowest BCUT2D eigenvalue weighted by atomic mass is 9.77.